The van der Waals surface area contributed by atoms with Gasteiger partial charge in [0.2, 0.25) is 5.91 Å². The number of aryl methyl sites for hydroxylation is 1. The Morgan fingerprint density at radius 2 is 2.00 bits per heavy atom. The van der Waals surface area contributed by atoms with Crippen LogP contribution in [0, 0.1) is 5.92 Å². The number of benzene rings is 1. The molecule has 0 aliphatic rings. The van der Waals surface area contributed by atoms with Crippen molar-refractivity contribution in [3.63, 3.8) is 0 Å². The highest BCUT2D eigenvalue weighted by Gasteiger charge is 2.11. The van der Waals surface area contributed by atoms with Crippen molar-refractivity contribution in [2.24, 2.45) is 5.92 Å². The highest BCUT2D eigenvalue weighted by molar-refractivity contribution is 5.94. The summed E-state index contributed by atoms with van der Waals surface area (Å²) in [5.74, 6) is -0.115. The van der Waals surface area contributed by atoms with Gasteiger partial charge >= 0.3 is 0 Å². The molecule has 2 amide bonds. The van der Waals surface area contributed by atoms with Gasteiger partial charge in [-0.1, -0.05) is 26.0 Å². The minimum absolute atomic E-state index is 0.0972. The number of rotatable bonds is 7. The molecule has 1 aromatic carbocycles. The van der Waals surface area contributed by atoms with Crippen molar-refractivity contribution < 1.29 is 14.7 Å². The Labute approximate surface area is 125 Å². The lowest BCUT2D eigenvalue weighted by molar-refractivity contribution is -0.121. The van der Waals surface area contributed by atoms with Gasteiger partial charge in [0.1, 0.15) is 0 Å². The smallest absolute Gasteiger partial charge is 0.251 e. The first kappa shape index (κ1) is 17.2. The lowest BCUT2D eigenvalue weighted by atomic mass is 10.1. The summed E-state index contributed by atoms with van der Waals surface area (Å²) in [6, 6.07) is 7.22. The molecule has 21 heavy (non-hydrogen) atoms. The molecule has 0 aliphatic carbocycles. The third-order valence-electron chi connectivity index (χ3n) is 3.33. The Bertz CT molecular complexity index is 486. The molecule has 0 aliphatic heterocycles. The maximum atomic E-state index is 11.7. The molecule has 1 rings (SSSR count). The minimum Gasteiger partial charge on any atom is -0.391 e. The SMILES string of the molecule is CNC(=O)c1cccc(CCC(=O)NCC(O)C(C)C)c1. The highest BCUT2D eigenvalue weighted by atomic mass is 16.3. The van der Waals surface area contributed by atoms with E-state index in [4.69, 9.17) is 0 Å². The van der Waals surface area contributed by atoms with Crippen LogP contribution in [0.3, 0.4) is 0 Å². The van der Waals surface area contributed by atoms with E-state index < -0.39 is 6.10 Å². The van der Waals surface area contributed by atoms with Crippen molar-refractivity contribution in [1.82, 2.24) is 10.6 Å². The fourth-order valence-corrected chi connectivity index (χ4v) is 1.81. The first-order chi connectivity index (χ1) is 9.93. The van der Waals surface area contributed by atoms with Crippen molar-refractivity contribution >= 4 is 11.8 Å². The van der Waals surface area contributed by atoms with Gasteiger partial charge in [-0.25, -0.2) is 0 Å². The molecule has 1 unspecified atom stereocenters. The highest BCUT2D eigenvalue weighted by Crippen LogP contribution is 2.08. The number of carbonyl (C=O) groups is 2. The van der Waals surface area contributed by atoms with Gasteiger partial charge in [0.15, 0.2) is 0 Å². The molecule has 0 spiro atoms. The molecule has 0 heterocycles. The summed E-state index contributed by atoms with van der Waals surface area (Å²) in [5.41, 5.74) is 1.53. The molecule has 116 valence electrons. The standard InChI is InChI=1S/C16H24N2O3/c1-11(2)14(19)10-18-15(20)8-7-12-5-4-6-13(9-12)16(21)17-3/h4-6,9,11,14,19H,7-8,10H2,1-3H3,(H,17,21)(H,18,20). The Morgan fingerprint density at radius 3 is 2.62 bits per heavy atom. The Kier molecular flexibility index (Phi) is 6.88. The maximum absolute atomic E-state index is 11.7. The number of carbonyl (C=O) groups excluding carboxylic acids is 2. The van der Waals surface area contributed by atoms with Crippen molar-refractivity contribution in [2.75, 3.05) is 13.6 Å². The van der Waals surface area contributed by atoms with Gasteiger partial charge < -0.3 is 15.7 Å². The average Bonchev–Trinajstić information content (AvgIpc) is 2.49. The zero-order valence-corrected chi connectivity index (χ0v) is 12.8. The van der Waals surface area contributed by atoms with Gasteiger partial charge in [0.25, 0.3) is 5.91 Å². The van der Waals surface area contributed by atoms with Gasteiger partial charge in [-0.05, 0) is 30.0 Å². The normalized spacial score (nSPS) is 12.0. The summed E-state index contributed by atoms with van der Waals surface area (Å²) in [6.45, 7) is 4.08. The van der Waals surface area contributed by atoms with E-state index in [0.717, 1.165) is 5.56 Å². The first-order valence-electron chi connectivity index (χ1n) is 7.19. The molecule has 0 saturated heterocycles. The zero-order valence-electron chi connectivity index (χ0n) is 12.8. The number of amides is 2. The third kappa shape index (κ3) is 5.95. The van der Waals surface area contributed by atoms with Crippen molar-refractivity contribution in [1.29, 1.82) is 0 Å². The van der Waals surface area contributed by atoms with E-state index in [1.54, 1.807) is 25.2 Å². The molecule has 1 atom stereocenters. The van der Waals surface area contributed by atoms with E-state index in [2.05, 4.69) is 10.6 Å². The molecule has 0 saturated carbocycles. The number of hydrogen-bond donors (Lipinski definition) is 3. The third-order valence-corrected chi connectivity index (χ3v) is 3.33. The molecule has 3 N–H and O–H groups in total. The van der Waals surface area contributed by atoms with Crippen LogP contribution in [-0.2, 0) is 11.2 Å². The quantitative estimate of drug-likeness (QED) is 0.704. The summed E-state index contributed by atoms with van der Waals surface area (Å²) in [4.78, 5) is 23.2. The van der Waals surface area contributed by atoms with Crippen LogP contribution >= 0.6 is 0 Å². The second-order valence-electron chi connectivity index (χ2n) is 5.39. The second kappa shape index (κ2) is 8.42. The van der Waals surface area contributed by atoms with E-state index in [1.165, 1.54) is 0 Å². The predicted octanol–water partition coefficient (Wildman–Crippen LogP) is 1.11. The summed E-state index contributed by atoms with van der Waals surface area (Å²) < 4.78 is 0. The summed E-state index contributed by atoms with van der Waals surface area (Å²) in [7, 11) is 1.59. The van der Waals surface area contributed by atoms with Crippen molar-refractivity contribution in [3.8, 4) is 0 Å². The summed E-state index contributed by atoms with van der Waals surface area (Å²) >= 11 is 0. The van der Waals surface area contributed by atoms with E-state index >= 15 is 0 Å². The van der Waals surface area contributed by atoms with E-state index in [9.17, 15) is 14.7 Å². The lowest BCUT2D eigenvalue weighted by Gasteiger charge is -2.15. The Morgan fingerprint density at radius 1 is 1.29 bits per heavy atom. The fourth-order valence-electron chi connectivity index (χ4n) is 1.81. The van der Waals surface area contributed by atoms with Gasteiger partial charge in [0, 0.05) is 25.6 Å². The molecule has 0 aromatic heterocycles. The molecule has 5 nitrogen and oxygen atoms in total. The monoisotopic (exact) mass is 292 g/mol. The topological polar surface area (TPSA) is 78.4 Å². The summed E-state index contributed by atoms with van der Waals surface area (Å²) in [6.07, 6.45) is 0.377. The largest absolute Gasteiger partial charge is 0.391 e. The summed E-state index contributed by atoms with van der Waals surface area (Å²) in [5, 5.41) is 14.9. The van der Waals surface area contributed by atoms with Crippen LogP contribution in [0.25, 0.3) is 0 Å². The Hall–Kier alpha value is -1.88. The van der Waals surface area contributed by atoms with Crippen LogP contribution in [0.5, 0.6) is 0 Å². The number of nitrogens with one attached hydrogen (secondary N) is 2. The van der Waals surface area contributed by atoms with E-state index in [0.29, 0.717) is 18.4 Å². The van der Waals surface area contributed by atoms with Crippen LogP contribution in [0.2, 0.25) is 0 Å². The van der Waals surface area contributed by atoms with Gasteiger partial charge in [-0.15, -0.1) is 0 Å². The Balaban J connectivity index is 2.44. The van der Waals surface area contributed by atoms with Crippen molar-refractivity contribution in [2.45, 2.75) is 32.8 Å². The second-order valence-corrected chi connectivity index (χ2v) is 5.39. The van der Waals surface area contributed by atoms with E-state index in [1.807, 2.05) is 19.9 Å². The fraction of sp³-hybridized carbons (Fsp3) is 0.500. The van der Waals surface area contributed by atoms with Gasteiger partial charge in [-0.3, -0.25) is 9.59 Å². The molecular weight excluding hydrogens is 268 g/mol. The first-order valence-corrected chi connectivity index (χ1v) is 7.19. The molecule has 1 aromatic rings. The number of hydrogen-bond acceptors (Lipinski definition) is 3. The molecule has 0 fully saturated rings. The van der Waals surface area contributed by atoms with Gasteiger partial charge in [0.05, 0.1) is 6.10 Å². The molecular formula is C16H24N2O3. The van der Waals surface area contributed by atoms with Gasteiger partial charge in [-0.2, -0.15) is 0 Å². The molecule has 0 radical (unpaired) electrons. The average molecular weight is 292 g/mol. The molecule has 5 heteroatoms. The van der Waals surface area contributed by atoms with Crippen molar-refractivity contribution in [3.05, 3.63) is 35.4 Å². The predicted molar refractivity (Wildman–Crippen MR) is 82.0 cm³/mol. The van der Waals surface area contributed by atoms with Crippen LogP contribution in [0.15, 0.2) is 24.3 Å². The molecule has 0 bridgehead atoms. The maximum Gasteiger partial charge on any atom is 0.251 e. The van der Waals surface area contributed by atoms with Crippen LogP contribution in [-0.4, -0.2) is 36.6 Å². The lowest BCUT2D eigenvalue weighted by Crippen LogP contribution is -2.34. The number of aliphatic hydroxyl groups excluding tert-OH is 1. The minimum atomic E-state index is -0.523. The van der Waals surface area contributed by atoms with Crippen LogP contribution < -0.4 is 10.6 Å². The van der Waals surface area contributed by atoms with Crippen LogP contribution in [0.4, 0.5) is 0 Å². The van der Waals surface area contributed by atoms with E-state index in [-0.39, 0.29) is 24.3 Å². The zero-order chi connectivity index (χ0) is 15.8. The van der Waals surface area contributed by atoms with Crippen LogP contribution in [0.1, 0.15) is 36.2 Å². The number of aliphatic hydroxyl groups is 1.